The van der Waals surface area contributed by atoms with Crippen molar-refractivity contribution < 1.29 is 18.6 Å². The van der Waals surface area contributed by atoms with Gasteiger partial charge in [0.25, 0.3) is 0 Å². The third kappa shape index (κ3) is 2.16. The molecule has 0 spiro atoms. The Morgan fingerprint density at radius 3 is 2.17 bits per heavy atom. The predicted octanol–water partition coefficient (Wildman–Crippen LogP) is -1.45. The Morgan fingerprint density at radius 2 is 1.75 bits per heavy atom. The third-order valence-electron chi connectivity index (χ3n) is 2.20. The van der Waals surface area contributed by atoms with Crippen molar-refractivity contribution in [3.05, 3.63) is 0 Å². The van der Waals surface area contributed by atoms with Crippen LogP contribution in [-0.2, 0) is 10.0 Å². The van der Waals surface area contributed by atoms with Crippen LogP contribution in [0.3, 0.4) is 0 Å². The molecule has 1 saturated carbocycles. The molecule has 0 heterocycles. The van der Waals surface area contributed by atoms with Gasteiger partial charge in [-0.1, -0.05) is 0 Å². The second-order valence-electron chi connectivity index (χ2n) is 3.16. The minimum absolute atomic E-state index is 0.0417. The highest BCUT2D eigenvalue weighted by atomic mass is 32.2. The van der Waals surface area contributed by atoms with Crippen molar-refractivity contribution in [2.45, 2.75) is 36.7 Å². The molecule has 4 N–H and O–H groups in total. The fourth-order valence-corrected chi connectivity index (χ4v) is 2.32. The fourth-order valence-electron chi connectivity index (χ4n) is 1.39. The van der Waals surface area contributed by atoms with Crippen LogP contribution in [-0.4, -0.2) is 36.1 Å². The summed E-state index contributed by atoms with van der Waals surface area (Å²) in [4.78, 5) is 0. The highest BCUT2D eigenvalue weighted by Crippen LogP contribution is 2.22. The number of aliphatic hydroxyl groups is 2. The maximum absolute atomic E-state index is 10.8. The summed E-state index contributed by atoms with van der Waals surface area (Å²) in [5.41, 5.74) is 0. The predicted molar refractivity (Wildman–Crippen MR) is 42.8 cm³/mol. The summed E-state index contributed by atoms with van der Waals surface area (Å²) < 4.78 is 21.6. The zero-order valence-electron chi connectivity index (χ0n) is 6.55. The topological polar surface area (TPSA) is 101 Å². The van der Waals surface area contributed by atoms with Gasteiger partial charge >= 0.3 is 0 Å². The van der Waals surface area contributed by atoms with Crippen LogP contribution in [0.5, 0.6) is 0 Å². The van der Waals surface area contributed by atoms with Crippen molar-refractivity contribution >= 4 is 10.0 Å². The summed E-state index contributed by atoms with van der Waals surface area (Å²) >= 11 is 0. The molecule has 3 atom stereocenters. The molecule has 0 aromatic heterocycles. The Morgan fingerprint density at radius 1 is 1.17 bits per heavy atom. The molecule has 72 valence electrons. The van der Waals surface area contributed by atoms with Crippen molar-refractivity contribution in [2.75, 3.05) is 0 Å². The molecule has 12 heavy (non-hydrogen) atoms. The molecule has 6 heteroatoms. The van der Waals surface area contributed by atoms with E-state index < -0.39 is 27.5 Å². The number of aliphatic hydroxyl groups excluding tert-OH is 2. The lowest BCUT2D eigenvalue weighted by Crippen LogP contribution is -2.41. The first-order chi connectivity index (χ1) is 5.41. The van der Waals surface area contributed by atoms with Crippen molar-refractivity contribution in [1.29, 1.82) is 0 Å². The van der Waals surface area contributed by atoms with E-state index in [9.17, 15) is 8.42 Å². The van der Waals surface area contributed by atoms with E-state index in [2.05, 4.69) is 0 Å². The molecule has 0 radical (unpaired) electrons. The van der Waals surface area contributed by atoms with E-state index in [0.717, 1.165) is 0 Å². The largest absolute Gasteiger partial charge is 0.390 e. The summed E-state index contributed by atoms with van der Waals surface area (Å²) in [5, 5.41) is 22.4. The van der Waals surface area contributed by atoms with E-state index >= 15 is 0 Å². The molecule has 1 fully saturated rings. The fraction of sp³-hybridized carbons (Fsp3) is 1.00. The maximum Gasteiger partial charge on any atom is 0.212 e. The number of nitrogens with two attached hydrogens (primary N) is 1. The lowest BCUT2D eigenvalue weighted by atomic mass is 9.95. The van der Waals surface area contributed by atoms with Crippen LogP contribution in [0.2, 0.25) is 0 Å². The van der Waals surface area contributed by atoms with Crippen molar-refractivity contribution in [1.82, 2.24) is 0 Å². The van der Waals surface area contributed by atoms with Gasteiger partial charge in [-0.05, 0) is 19.3 Å². The SMILES string of the molecule is NS(=O)(=O)[C@@H]1CC[C@@H](O)[C@H](O)C1. The van der Waals surface area contributed by atoms with Crippen LogP contribution < -0.4 is 5.14 Å². The van der Waals surface area contributed by atoms with E-state index in [1.807, 2.05) is 0 Å². The molecule has 1 rings (SSSR count). The molecular weight excluding hydrogens is 182 g/mol. The van der Waals surface area contributed by atoms with E-state index in [1.165, 1.54) is 0 Å². The summed E-state index contributed by atoms with van der Waals surface area (Å²) in [6, 6.07) is 0. The van der Waals surface area contributed by atoms with Crippen LogP contribution in [0.15, 0.2) is 0 Å². The van der Waals surface area contributed by atoms with Gasteiger partial charge in [-0.25, -0.2) is 13.6 Å². The lowest BCUT2D eigenvalue weighted by Gasteiger charge is -2.28. The number of hydrogen-bond acceptors (Lipinski definition) is 4. The van der Waals surface area contributed by atoms with E-state index in [4.69, 9.17) is 15.4 Å². The molecule has 1 aliphatic carbocycles. The summed E-state index contributed by atoms with van der Waals surface area (Å²) in [7, 11) is -3.55. The van der Waals surface area contributed by atoms with Crippen LogP contribution >= 0.6 is 0 Å². The van der Waals surface area contributed by atoms with Gasteiger partial charge in [0, 0.05) is 0 Å². The number of primary sulfonamides is 1. The first-order valence-corrected chi connectivity index (χ1v) is 5.40. The van der Waals surface area contributed by atoms with E-state index in [1.54, 1.807) is 0 Å². The van der Waals surface area contributed by atoms with E-state index in [-0.39, 0.29) is 6.42 Å². The average Bonchev–Trinajstić information content (AvgIpc) is 1.92. The smallest absolute Gasteiger partial charge is 0.212 e. The molecule has 0 amide bonds. The standard InChI is InChI=1S/C6H13NO4S/c7-12(10,11)4-1-2-5(8)6(9)3-4/h4-6,8-9H,1-3H2,(H2,7,10,11)/t4-,5-,6-/m1/s1. The number of rotatable bonds is 1. The number of hydrogen-bond donors (Lipinski definition) is 3. The molecule has 0 aromatic carbocycles. The molecule has 0 aliphatic heterocycles. The van der Waals surface area contributed by atoms with Gasteiger partial charge in [-0.3, -0.25) is 0 Å². The Kier molecular flexibility index (Phi) is 2.72. The summed E-state index contributed by atoms with van der Waals surface area (Å²) in [5.74, 6) is 0. The molecule has 1 aliphatic rings. The molecule has 5 nitrogen and oxygen atoms in total. The molecule has 0 saturated heterocycles. The minimum atomic E-state index is -3.55. The zero-order valence-corrected chi connectivity index (χ0v) is 7.37. The zero-order chi connectivity index (χ0) is 9.35. The van der Waals surface area contributed by atoms with Crippen LogP contribution in [0.25, 0.3) is 0 Å². The third-order valence-corrected chi connectivity index (χ3v) is 3.55. The Labute approximate surface area is 71.2 Å². The van der Waals surface area contributed by atoms with Gasteiger partial charge in [-0.15, -0.1) is 0 Å². The Hall–Kier alpha value is -0.170. The van der Waals surface area contributed by atoms with Crippen molar-refractivity contribution in [2.24, 2.45) is 5.14 Å². The van der Waals surface area contributed by atoms with Crippen LogP contribution in [0, 0.1) is 0 Å². The molecule has 0 aromatic rings. The monoisotopic (exact) mass is 195 g/mol. The Bertz CT molecular complexity index is 250. The first-order valence-electron chi connectivity index (χ1n) is 3.79. The minimum Gasteiger partial charge on any atom is -0.390 e. The van der Waals surface area contributed by atoms with E-state index in [0.29, 0.717) is 12.8 Å². The first kappa shape index (κ1) is 9.91. The van der Waals surface area contributed by atoms with Crippen LogP contribution in [0.4, 0.5) is 0 Å². The van der Waals surface area contributed by atoms with Gasteiger partial charge in [0.05, 0.1) is 17.5 Å². The van der Waals surface area contributed by atoms with Gasteiger partial charge in [-0.2, -0.15) is 0 Å². The highest BCUT2D eigenvalue weighted by molar-refractivity contribution is 7.89. The van der Waals surface area contributed by atoms with Gasteiger partial charge in [0.2, 0.25) is 10.0 Å². The molecular formula is C6H13NO4S. The lowest BCUT2D eigenvalue weighted by molar-refractivity contribution is -0.00753. The quantitative estimate of drug-likeness (QED) is 0.476. The molecule has 0 bridgehead atoms. The second-order valence-corrected chi connectivity index (χ2v) is 5.00. The Balaban J connectivity index is 2.64. The van der Waals surface area contributed by atoms with Crippen molar-refractivity contribution in [3.8, 4) is 0 Å². The van der Waals surface area contributed by atoms with Gasteiger partial charge < -0.3 is 10.2 Å². The average molecular weight is 195 g/mol. The molecule has 0 unspecified atom stereocenters. The highest BCUT2D eigenvalue weighted by Gasteiger charge is 2.33. The van der Waals surface area contributed by atoms with Crippen molar-refractivity contribution in [3.63, 3.8) is 0 Å². The van der Waals surface area contributed by atoms with Gasteiger partial charge in [0.15, 0.2) is 0 Å². The number of sulfonamides is 1. The maximum atomic E-state index is 10.8. The summed E-state index contributed by atoms with van der Waals surface area (Å²) in [6.45, 7) is 0. The normalized spacial score (nSPS) is 38.1. The van der Waals surface area contributed by atoms with Gasteiger partial charge in [0.1, 0.15) is 0 Å². The summed E-state index contributed by atoms with van der Waals surface area (Å²) in [6.07, 6.45) is -1.09. The van der Waals surface area contributed by atoms with Crippen LogP contribution in [0.1, 0.15) is 19.3 Å². The second kappa shape index (κ2) is 3.29.